The minimum atomic E-state index is 0.532. The Hall–Kier alpha value is -0.970. The monoisotopic (exact) mass is 192 g/mol. The molecule has 0 spiro atoms. The van der Waals surface area contributed by atoms with Crippen molar-refractivity contribution in [3.8, 4) is 6.07 Å². The summed E-state index contributed by atoms with van der Waals surface area (Å²) >= 11 is 0. The number of hydrogen-bond acceptors (Lipinski definition) is 2. The molecular weight excluding hydrogens is 172 g/mol. The first kappa shape index (κ1) is 11.1. The van der Waals surface area contributed by atoms with Crippen molar-refractivity contribution in [1.29, 1.82) is 5.26 Å². The Morgan fingerprint density at radius 2 is 2.14 bits per heavy atom. The van der Waals surface area contributed by atoms with E-state index in [-0.39, 0.29) is 0 Å². The molecule has 0 amide bonds. The molecule has 1 aliphatic rings. The van der Waals surface area contributed by atoms with Gasteiger partial charge in [-0.2, -0.15) is 5.26 Å². The molecule has 1 aliphatic carbocycles. The lowest BCUT2D eigenvalue weighted by Crippen LogP contribution is -2.30. The van der Waals surface area contributed by atoms with Gasteiger partial charge in [0.15, 0.2) is 0 Å². The van der Waals surface area contributed by atoms with Gasteiger partial charge in [-0.15, -0.1) is 0 Å². The van der Waals surface area contributed by atoms with Gasteiger partial charge in [-0.3, -0.25) is 0 Å². The third kappa shape index (κ3) is 3.83. The molecular formula is C12H20N2. The predicted molar refractivity (Wildman–Crippen MR) is 58.6 cm³/mol. The van der Waals surface area contributed by atoms with E-state index >= 15 is 0 Å². The Bertz CT molecular complexity index is 219. The van der Waals surface area contributed by atoms with Gasteiger partial charge in [0, 0.05) is 11.7 Å². The summed E-state index contributed by atoms with van der Waals surface area (Å²) in [6, 6.07) is 2.83. The molecule has 14 heavy (non-hydrogen) atoms. The van der Waals surface area contributed by atoms with Gasteiger partial charge >= 0.3 is 0 Å². The molecule has 0 atom stereocenters. The molecule has 0 unspecified atom stereocenters. The van der Waals surface area contributed by atoms with Crippen LogP contribution < -0.4 is 5.32 Å². The van der Waals surface area contributed by atoms with E-state index in [0.717, 1.165) is 12.1 Å². The van der Waals surface area contributed by atoms with Crippen LogP contribution in [0.2, 0.25) is 0 Å². The highest BCUT2D eigenvalue weighted by Gasteiger charge is 2.13. The van der Waals surface area contributed by atoms with Crippen LogP contribution in [-0.4, -0.2) is 6.04 Å². The number of nitrogens with zero attached hydrogens (tertiary/aromatic N) is 1. The van der Waals surface area contributed by atoms with Gasteiger partial charge in [0.1, 0.15) is 0 Å². The van der Waals surface area contributed by atoms with Crippen LogP contribution in [0.1, 0.15) is 51.9 Å². The molecule has 0 aromatic rings. The molecule has 0 heterocycles. The highest BCUT2D eigenvalue weighted by Crippen LogP contribution is 2.18. The lowest BCUT2D eigenvalue weighted by atomic mass is 9.95. The van der Waals surface area contributed by atoms with Crippen LogP contribution in [0.25, 0.3) is 0 Å². The number of rotatable bonds is 4. The Kier molecular flexibility index (Phi) is 5.14. The number of nitrogens with one attached hydrogen (secondary N) is 1. The molecule has 1 N–H and O–H groups in total. The first-order valence-corrected chi connectivity index (χ1v) is 5.69. The van der Waals surface area contributed by atoms with E-state index in [1.807, 2.05) is 0 Å². The van der Waals surface area contributed by atoms with Crippen molar-refractivity contribution in [2.45, 2.75) is 57.9 Å². The summed E-state index contributed by atoms with van der Waals surface area (Å²) in [5.74, 6) is 0. The summed E-state index contributed by atoms with van der Waals surface area (Å²) in [6.45, 7) is 2.11. The summed E-state index contributed by atoms with van der Waals surface area (Å²) < 4.78 is 0. The Morgan fingerprint density at radius 1 is 1.43 bits per heavy atom. The van der Waals surface area contributed by atoms with Gasteiger partial charge in [-0.1, -0.05) is 32.3 Å². The zero-order valence-electron chi connectivity index (χ0n) is 9.05. The topological polar surface area (TPSA) is 35.8 Å². The highest BCUT2D eigenvalue weighted by molar-refractivity contribution is 5.07. The first-order chi connectivity index (χ1) is 6.86. The molecule has 1 fully saturated rings. The fourth-order valence-corrected chi connectivity index (χ4v) is 2.02. The van der Waals surface area contributed by atoms with E-state index in [2.05, 4.69) is 24.4 Å². The Balaban J connectivity index is 2.38. The summed E-state index contributed by atoms with van der Waals surface area (Å²) in [6.07, 6.45) is 10.3. The first-order valence-electron chi connectivity index (χ1n) is 5.69. The molecule has 0 aromatic heterocycles. The quantitative estimate of drug-likeness (QED) is 0.743. The molecule has 0 bridgehead atoms. The van der Waals surface area contributed by atoms with Gasteiger partial charge in [-0.05, 0) is 19.3 Å². The molecule has 2 nitrogen and oxygen atoms in total. The van der Waals surface area contributed by atoms with Crippen LogP contribution >= 0.6 is 0 Å². The van der Waals surface area contributed by atoms with Crippen LogP contribution in [0.15, 0.2) is 11.8 Å². The number of allylic oxidation sites excluding steroid dienone is 2. The Labute approximate surface area is 87.0 Å². The third-order valence-electron chi connectivity index (χ3n) is 2.71. The van der Waals surface area contributed by atoms with Crippen molar-refractivity contribution in [3.05, 3.63) is 11.8 Å². The second-order valence-electron chi connectivity index (χ2n) is 3.95. The maximum absolute atomic E-state index is 8.66. The van der Waals surface area contributed by atoms with E-state index in [9.17, 15) is 0 Å². The molecule has 0 aromatic carbocycles. The lowest BCUT2D eigenvalue weighted by Gasteiger charge is -2.24. The third-order valence-corrected chi connectivity index (χ3v) is 2.71. The zero-order chi connectivity index (χ0) is 10.2. The molecule has 0 radical (unpaired) electrons. The van der Waals surface area contributed by atoms with Crippen LogP contribution in [-0.2, 0) is 0 Å². The second-order valence-corrected chi connectivity index (χ2v) is 3.95. The molecule has 1 saturated carbocycles. The maximum Gasteiger partial charge on any atom is 0.0746 e. The van der Waals surface area contributed by atoms with Gasteiger partial charge < -0.3 is 5.32 Å². The smallest absolute Gasteiger partial charge is 0.0746 e. The number of nitriles is 1. The van der Waals surface area contributed by atoms with Gasteiger partial charge in [-0.25, -0.2) is 0 Å². The standard InChI is InChI=1S/C12H20N2/c1-2-6-11(9-10-13)14-12-7-4-3-5-8-12/h6,12,14H,2-5,7-9H2,1H3/b11-6+. The molecule has 0 saturated heterocycles. The van der Waals surface area contributed by atoms with E-state index in [1.54, 1.807) is 0 Å². The SMILES string of the molecule is CC/C=C(\CC#N)NC1CCCCC1. The van der Waals surface area contributed by atoms with E-state index in [0.29, 0.717) is 12.5 Å². The van der Waals surface area contributed by atoms with Crippen LogP contribution in [0.4, 0.5) is 0 Å². The van der Waals surface area contributed by atoms with E-state index in [1.165, 1.54) is 32.1 Å². The van der Waals surface area contributed by atoms with E-state index in [4.69, 9.17) is 5.26 Å². The molecule has 78 valence electrons. The summed E-state index contributed by atoms with van der Waals surface area (Å²) in [5.41, 5.74) is 1.13. The van der Waals surface area contributed by atoms with Gasteiger partial charge in [0.25, 0.3) is 0 Å². The normalized spacial score (nSPS) is 19.0. The van der Waals surface area contributed by atoms with Gasteiger partial charge in [0.05, 0.1) is 12.5 Å². The largest absolute Gasteiger partial charge is 0.385 e. The number of hydrogen-bond donors (Lipinski definition) is 1. The molecule has 0 aliphatic heterocycles. The van der Waals surface area contributed by atoms with Crippen LogP contribution in [0.3, 0.4) is 0 Å². The highest BCUT2D eigenvalue weighted by atomic mass is 14.9. The average molecular weight is 192 g/mol. The fraction of sp³-hybridized carbons (Fsp3) is 0.750. The van der Waals surface area contributed by atoms with Crippen molar-refractivity contribution in [1.82, 2.24) is 5.32 Å². The van der Waals surface area contributed by atoms with Crippen LogP contribution in [0, 0.1) is 11.3 Å². The average Bonchev–Trinajstić information content (AvgIpc) is 2.20. The van der Waals surface area contributed by atoms with Crippen molar-refractivity contribution >= 4 is 0 Å². The van der Waals surface area contributed by atoms with E-state index < -0.39 is 0 Å². The fourth-order valence-electron chi connectivity index (χ4n) is 2.02. The predicted octanol–water partition coefficient (Wildman–Crippen LogP) is 3.12. The zero-order valence-corrected chi connectivity index (χ0v) is 9.05. The summed E-state index contributed by atoms with van der Waals surface area (Å²) in [4.78, 5) is 0. The maximum atomic E-state index is 8.66. The molecule has 2 heteroatoms. The second kappa shape index (κ2) is 6.48. The van der Waals surface area contributed by atoms with Crippen molar-refractivity contribution in [2.75, 3.05) is 0 Å². The van der Waals surface area contributed by atoms with Gasteiger partial charge in [0.2, 0.25) is 0 Å². The minimum Gasteiger partial charge on any atom is -0.385 e. The van der Waals surface area contributed by atoms with Crippen molar-refractivity contribution in [2.24, 2.45) is 0 Å². The minimum absolute atomic E-state index is 0.532. The lowest BCUT2D eigenvalue weighted by molar-refractivity contribution is 0.394. The van der Waals surface area contributed by atoms with Crippen molar-refractivity contribution < 1.29 is 0 Å². The summed E-state index contributed by atoms with van der Waals surface area (Å²) in [7, 11) is 0. The van der Waals surface area contributed by atoms with Crippen molar-refractivity contribution in [3.63, 3.8) is 0 Å². The summed E-state index contributed by atoms with van der Waals surface area (Å²) in [5, 5.41) is 12.2. The van der Waals surface area contributed by atoms with Crippen LogP contribution in [0.5, 0.6) is 0 Å². The molecule has 1 rings (SSSR count). The Morgan fingerprint density at radius 3 is 2.71 bits per heavy atom.